The van der Waals surface area contributed by atoms with E-state index in [1.807, 2.05) is 24.3 Å². The van der Waals surface area contributed by atoms with Crippen molar-refractivity contribution in [2.45, 2.75) is 0 Å². The SMILES string of the molecule is COc1ccc(-c2cc(C(=O)Nc3cccc(OC)c3OC)c3cnn(C)c3n2)cc1. The van der Waals surface area contributed by atoms with Gasteiger partial charge in [0.25, 0.3) is 5.91 Å². The van der Waals surface area contributed by atoms with Gasteiger partial charge in [-0.3, -0.25) is 9.48 Å². The van der Waals surface area contributed by atoms with Crippen molar-refractivity contribution in [3.8, 4) is 28.5 Å². The van der Waals surface area contributed by atoms with Gasteiger partial charge in [-0.05, 0) is 42.5 Å². The summed E-state index contributed by atoms with van der Waals surface area (Å²) in [5.41, 5.74) is 3.08. The highest BCUT2D eigenvalue weighted by Crippen LogP contribution is 2.35. The second-order valence-electron chi connectivity index (χ2n) is 6.78. The van der Waals surface area contributed by atoms with Crippen LogP contribution in [0.5, 0.6) is 17.2 Å². The third-order valence-corrected chi connectivity index (χ3v) is 4.99. The first-order valence-electron chi connectivity index (χ1n) is 9.55. The molecule has 0 aliphatic carbocycles. The van der Waals surface area contributed by atoms with Crippen LogP contribution < -0.4 is 19.5 Å². The fourth-order valence-corrected chi connectivity index (χ4v) is 3.39. The number of fused-ring (bicyclic) bond motifs is 1. The Labute approximate surface area is 179 Å². The summed E-state index contributed by atoms with van der Waals surface area (Å²) in [6.07, 6.45) is 1.64. The third-order valence-electron chi connectivity index (χ3n) is 4.99. The highest BCUT2D eigenvalue weighted by atomic mass is 16.5. The van der Waals surface area contributed by atoms with Crippen molar-refractivity contribution in [1.82, 2.24) is 14.8 Å². The standard InChI is InChI=1S/C23H22N4O4/c1-27-22-17(13-24-27)16(12-19(25-22)14-8-10-15(29-2)11-9-14)23(28)26-18-6-5-7-20(30-3)21(18)31-4/h5-13H,1-4H3,(H,26,28). The average Bonchev–Trinajstić information content (AvgIpc) is 3.18. The maximum Gasteiger partial charge on any atom is 0.256 e. The first kappa shape index (κ1) is 20.2. The lowest BCUT2D eigenvalue weighted by Crippen LogP contribution is -2.14. The molecule has 0 saturated carbocycles. The molecule has 2 aromatic carbocycles. The van der Waals surface area contributed by atoms with Crippen LogP contribution in [-0.4, -0.2) is 42.0 Å². The van der Waals surface area contributed by atoms with E-state index in [4.69, 9.17) is 19.2 Å². The van der Waals surface area contributed by atoms with E-state index in [0.717, 1.165) is 11.3 Å². The Morgan fingerprint density at radius 2 is 1.77 bits per heavy atom. The predicted molar refractivity (Wildman–Crippen MR) is 118 cm³/mol. The van der Waals surface area contributed by atoms with Crippen LogP contribution in [0.4, 0.5) is 5.69 Å². The van der Waals surface area contributed by atoms with Crippen molar-refractivity contribution in [1.29, 1.82) is 0 Å². The largest absolute Gasteiger partial charge is 0.497 e. The van der Waals surface area contributed by atoms with Gasteiger partial charge in [-0.2, -0.15) is 5.10 Å². The quantitative estimate of drug-likeness (QED) is 0.511. The summed E-state index contributed by atoms with van der Waals surface area (Å²) in [5, 5.41) is 7.85. The van der Waals surface area contributed by atoms with E-state index in [1.165, 1.54) is 7.11 Å². The Kier molecular flexibility index (Phi) is 5.44. The number of carbonyl (C=O) groups is 1. The van der Waals surface area contributed by atoms with Crippen molar-refractivity contribution >= 4 is 22.6 Å². The summed E-state index contributed by atoms with van der Waals surface area (Å²) in [4.78, 5) is 18.0. The van der Waals surface area contributed by atoms with Crippen LogP contribution in [0.2, 0.25) is 0 Å². The lowest BCUT2D eigenvalue weighted by atomic mass is 10.1. The molecule has 0 atom stereocenters. The topological polar surface area (TPSA) is 87.5 Å². The number of para-hydroxylation sites is 1. The molecule has 0 spiro atoms. The molecule has 4 rings (SSSR count). The molecule has 0 unspecified atom stereocenters. The third kappa shape index (κ3) is 3.75. The van der Waals surface area contributed by atoms with Crippen molar-refractivity contribution < 1.29 is 19.0 Å². The van der Waals surface area contributed by atoms with Crippen LogP contribution in [0.3, 0.4) is 0 Å². The Hall–Kier alpha value is -4.07. The molecule has 8 heteroatoms. The van der Waals surface area contributed by atoms with E-state index in [2.05, 4.69) is 10.4 Å². The van der Waals surface area contributed by atoms with E-state index >= 15 is 0 Å². The van der Waals surface area contributed by atoms with Gasteiger partial charge >= 0.3 is 0 Å². The first-order valence-corrected chi connectivity index (χ1v) is 9.55. The van der Waals surface area contributed by atoms with Crippen molar-refractivity contribution in [2.75, 3.05) is 26.6 Å². The van der Waals surface area contributed by atoms with Gasteiger partial charge < -0.3 is 19.5 Å². The smallest absolute Gasteiger partial charge is 0.256 e. The second kappa shape index (κ2) is 8.35. The molecule has 8 nitrogen and oxygen atoms in total. The van der Waals surface area contributed by atoms with E-state index in [0.29, 0.717) is 39.5 Å². The molecule has 31 heavy (non-hydrogen) atoms. The maximum absolute atomic E-state index is 13.3. The van der Waals surface area contributed by atoms with E-state index in [9.17, 15) is 4.79 Å². The summed E-state index contributed by atoms with van der Waals surface area (Å²) < 4.78 is 17.6. The number of hydrogen-bond acceptors (Lipinski definition) is 6. The lowest BCUT2D eigenvalue weighted by molar-refractivity contribution is 0.102. The Morgan fingerprint density at radius 1 is 1.00 bits per heavy atom. The van der Waals surface area contributed by atoms with Crippen LogP contribution in [0.15, 0.2) is 54.7 Å². The number of benzene rings is 2. The molecular formula is C23H22N4O4. The molecule has 1 N–H and O–H groups in total. The number of ether oxygens (including phenoxy) is 3. The number of methoxy groups -OCH3 is 3. The van der Waals surface area contributed by atoms with Crippen LogP contribution in [-0.2, 0) is 7.05 Å². The lowest BCUT2D eigenvalue weighted by Gasteiger charge is -2.14. The molecule has 1 amide bonds. The number of nitrogens with one attached hydrogen (secondary N) is 1. The molecule has 0 aliphatic heterocycles. The molecule has 0 bridgehead atoms. The molecule has 2 aromatic heterocycles. The minimum absolute atomic E-state index is 0.304. The van der Waals surface area contributed by atoms with E-state index in [-0.39, 0.29) is 5.91 Å². The summed E-state index contributed by atoms with van der Waals surface area (Å²) in [5.74, 6) is 1.42. The van der Waals surface area contributed by atoms with Gasteiger partial charge in [-0.1, -0.05) is 6.07 Å². The highest BCUT2D eigenvalue weighted by Gasteiger charge is 2.19. The Balaban J connectivity index is 1.79. The van der Waals surface area contributed by atoms with Gasteiger partial charge in [0.05, 0.1) is 49.9 Å². The molecule has 4 aromatic rings. The summed E-state index contributed by atoms with van der Waals surface area (Å²) in [6.45, 7) is 0. The molecular weight excluding hydrogens is 396 g/mol. The fraction of sp³-hybridized carbons (Fsp3) is 0.174. The van der Waals surface area contributed by atoms with E-state index in [1.54, 1.807) is 56.4 Å². The minimum atomic E-state index is -0.304. The van der Waals surface area contributed by atoms with E-state index < -0.39 is 0 Å². The molecule has 0 fully saturated rings. The van der Waals surface area contributed by atoms with Gasteiger partial charge in [-0.15, -0.1) is 0 Å². The van der Waals surface area contributed by atoms with Gasteiger partial charge in [-0.25, -0.2) is 4.98 Å². The monoisotopic (exact) mass is 418 g/mol. The molecule has 0 radical (unpaired) electrons. The van der Waals surface area contributed by atoms with Crippen molar-refractivity contribution in [3.05, 3.63) is 60.3 Å². The predicted octanol–water partition coefficient (Wildman–Crippen LogP) is 3.91. The molecule has 0 saturated heterocycles. The van der Waals surface area contributed by atoms with Gasteiger partial charge in [0.15, 0.2) is 17.1 Å². The summed E-state index contributed by atoms with van der Waals surface area (Å²) in [7, 11) is 6.48. The summed E-state index contributed by atoms with van der Waals surface area (Å²) >= 11 is 0. The molecule has 2 heterocycles. The van der Waals surface area contributed by atoms with Gasteiger partial charge in [0.2, 0.25) is 0 Å². The number of pyridine rings is 1. The zero-order valence-electron chi connectivity index (χ0n) is 17.7. The zero-order valence-corrected chi connectivity index (χ0v) is 17.7. The second-order valence-corrected chi connectivity index (χ2v) is 6.78. The van der Waals surface area contributed by atoms with Crippen molar-refractivity contribution in [2.24, 2.45) is 7.05 Å². The normalized spacial score (nSPS) is 10.7. The van der Waals surface area contributed by atoms with Gasteiger partial charge in [0.1, 0.15) is 5.75 Å². The van der Waals surface area contributed by atoms with Crippen LogP contribution in [0, 0.1) is 0 Å². The van der Waals surface area contributed by atoms with Crippen LogP contribution >= 0.6 is 0 Å². The van der Waals surface area contributed by atoms with Crippen LogP contribution in [0.25, 0.3) is 22.3 Å². The molecule has 0 aliphatic rings. The number of aromatic nitrogens is 3. The minimum Gasteiger partial charge on any atom is -0.497 e. The maximum atomic E-state index is 13.3. The van der Waals surface area contributed by atoms with Crippen molar-refractivity contribution in [3.63, 3.8) is 0 Å². The summed E-state index contributed by atoms with van der Waals surface area (Å²) in [6, 6.07) is 14.6. The average molecular weight is 418 g/mol. The highest BCUT2D eigenvalue weighted by molar-refractivity contribution is 6.13. The zero-order chi connectivity index (χ0) is 22.0. The Morgan fingerprint density at radius 3 is 2.45 bits per heavy atom. The van der Waals surface area contributed by atoms with Crippen LogP contribution in [0.1, 0.15) is 10.4 Å². The van der Waals surface area contributed by atoms with Gasteiger partial charge in [0, 0.05) is 12.6 Å². The molecule has 158 valence electrons. The number of aryl methyl sites for hydroxylation is 1. The number of anilines is 1. The fourth-order valence-electron chi connectivity index (χ4n) is 3.39. The number of hydrogen-bond donors (Lipinski definition) is 1. The number of rotatable bonds is 6. The Bertz CT molecular complexity index is 1250. The number of carbonyl (C=O) groups excluding carboxylic acids is 1. The number of nitrogens with zero attached hydrogens (tertiary/aromatic N) is 3. The number of amides is 1. The first-order chi connectivity index (χ1) is 15.0.